The second-order valence-corrected chi connectivity index (χ2v) is 5.55. The summed E-state index contributed by atoms with van der Waals surface area (Å²) < 4.78 is 5.12. The van der Waals surface area contributed by atoms with E-state index in [9.17, 15) is 14.4 Å². The molecule has 0 saturated carbocycles. The van der Waals surface area contributed by atoms with Gasteiger partial charge in [-0.1, -0.05) is 41.9 Å². The van der Waals surface area contributed by atoms with Crippen LogP contribution in [0, 0.1) is 0 Å². The van der Waals surface area contributed by atoms with Crippen molar-refractivity contribution in [2.45, 2.75) is 18.9 Å². The summed E-state index contributed by atoms with van der Waals surface area (Å²) >= 11 is 5.76. The molecule has 2 rings (SSSR count). The average molecular weight is 346 g/mol. The van der Waals surface area contributed by atoms with Gasteiger partial charge in [-0.05, 0) is 24.3 Å². The van der Waals surface area contributed by atoms with Gasteiger partial charge in [0.15, 0.2) is 5.78 Å². The molecule has 24 heavy (non-hydrogen) atoms. The first-order valence-corrected chi connectivity index (χ1v) is 7.67. The molecule has 6 heteroatoms. The van der Waals surface area contributed by atoms with Crippen LogP contribution in [0.1, 0.15) is 34.9 Å². The maximum atomic E-state index is 12.0. The fourth-order valence-electron chi connectivity index (χ4n) is 2.10. The number of hydrogen-bond donors (Lipinski definition) is 1. The summed E-state index contributed by atoms with van der Waals surface area (Å²) in [7, 11) is 0. The molecule has 2 aromatic rings. The van der Waals surface area contributed by atoms with Crippen LogP contribution in [0.3, 0.4) is 0 Å². The first-order valence-electron chi connectivity index (χ1n) is 7.30. The topological polar surface area (TPSA) is 86.5 Å². The van der Waals surface area contributed by atoms with Crippen LogP contribution in [0.25, 0.3) is 0 Å². The molecule has 0 aliphatic heterocycles. The second-order valence-electron chi connectivity index (χ2n) is 5.11. The van der Waals surface area contributed by atoms with Crippen LogP contribution in [0.2, 0.25) is 5.02 Å². The number of Topliss-reactive ketones (excluding diaryl/α,β-unsaturated/α-hetero) is 1. The largest absolute Gasteiger partial charge is 0.447 e. The molecule has 0 fully saturated rings. The Labute approximate surface area is 144 Å². The maximum Gasteiger partial charge on any atom is 0.307 e. The molecule has 1 amide bonds. The highest BCUT2D eigenvalue weighted by atomic mass is 35.5. The number of ether oxygens (including phenoxy) is 1. The van der Waals surface area contributed by atoms with E-state index in [1.165, 1.54) is 0 Å². The number of ketones is 1. The summed E-state index contributed by atoms with van der Waals surface area (Å²) in [5.41, 5.74) is 6.23. The Hall–Kier alpha value is -2.66. The minimum atomic E-state index is -1.16. The van der Waals surface area contributed by atoms with Gasteiger partial charge in [0.05, 0.1) is 6.42 Å². The van der Waals surface area contributed by atoms with E-state index in [4.69, 9.17) is 22.1 Å². The smallest absolute Gasteiger partial charge is 0.307 e. The van der Waals surface area contributed by atoms with Gasteiger partial charge in [0.1, 0.15) is 0 Å². The van der Waals surface area contributed by atoms with Crippen LogP contribution in [-0.4, -0.2) is 17.7 Å². The van der Waals surface area contributed by atoms with Crippen molar-refractivity contribution in [2.24, 2.45) is 5.73 Å². The van der Waals surface area contributed by atoms with Gasteiger partial charge < -0.3 is 10.5 Å². The Morgan fingerprint density at radius 1 is 0.958 bits per heavy atom. The van der Waals surface area contributed by atoms with Gasteiger partial charge >= 0.3 is 5.97 Å². The van der Waals surface area contributed by atoms with Crippen molar-refractivity contribution in [3.8, 4) is 0 Å². The highest BCUT2D eigenvalue weighted by Crippen LogP contribution is 2.18. The van der Waals surface area contributed by atoms with Crippen molar-refractivity contribution in [1.29, 1.82) is 0 Å². The van der Waals surface area contributed by atoms with E-state index in [-0.39, 0.29) is 18.6 Å². The van der Waals surface area contributed by atoms with Gasteiger partial charge in [-0.15, -0.1) is 0 Å². The van der Waals surface area contributed by atoms with E-state index in [0.717, 1.165) is 0 Å². The molecule has 5 nitrogen and oxygen atoms in total. The summed E-state index contributed by atoms with van der Waals surface area (Å²) in [6.07, 6.45) is -1.33. The molecule has 0 saturated heterocycles. The lowest BCUT2D eigenvalue weighted by atomic mass is 10.1. The van der Waals surface area contributed by atoms with E-state index in [2.05, 4.69) is 0 Å². The minimum absolute atomic E-state index is 0.0270. The SMILES string of the molecule is NC(=O)[C@@H](OC(=O)CCC(=O)c1ccc(Cl)cc1)c1ccccc1. The minimum Gasteiger partial charge on any atom is -0.447 e. The predicted molar refractivity (Wildman–Crippen MR) is 89.5 cm³/mol. The number of primary amides is 1. The molecule has 0 bridgehead atoms. The molecule has 0 radical (unpaired) electrons. The number of amides is 1. The summed E-state index contributed by atoms with van der Waals surface area (Å²) in [5, 5.41) is 0.526. The third-order valence-electron chi connectivity index (χ3n) is 3.33. The first-order chi connectivity index (χ1) is 11.5. The van der Waals surface area contributed by atoms with E-state index in [1.54, 1.807) is 54.6 Å². The molecule has 0 spiro atoms. The van der Waals surface area contributed by atoms with Crippen LogP contribution in [0.15, 0.2) is 54.6 Å². The zero-order chi connectivity index (χ0) is 17.5. The lowest BCUT2D eigenvalue weighted by Gasteiger charge is -2.14. The third-order valence-corrected chi connectivity index (χ3v) is 3.58. The average Bonchev–Trinajstić information content (AvgIpc) is 2.58. The van der Waals surface area contributed by atoms with Gasteiger partial charge in [0, 0.05) is 22.6 Å². The number of carbonyl (C=O) groups excluding carboxylic acids is 3. The summed E-state index contributed by atoms with van der Waals surface area (Å²) in [5.74, 6) is -1.64. The molecule has 2 N–H and O–H groups in total. The van der Waals surface area contributed by atoms with Crippen LogP contribution in [0.4, 0.5) is 0 Å². The quantitative estimate of drug-likeness (QED) is 0.617. The van der Waals surface area contributed by atoms with Gasteiger partial charge in [-0.3, -0.25) is 14.4 Å². The normalized spacial score (nSPS) is 11.5. The molecular formula is C18H16ClNO4. The molecule has 0 heterocycles. The number of esters is 1. The monoisotopic (exact) mass is 345 g/mol. The van der Waals surface area contributed by atoms with E-state index >= 15 is 0 Å². The standard InChI is InChI=1S/C18H16ClNO4/c19-14-8-6-12(7-9-14)15(21)10-11-16(22)24-17(18(20)23)13-4-2-1-3-5-13/h1-9,17H,10-11H2,(H2,20,23)/t17-/m0/s1. The van der Waals surface area contributed by atoms with Crippen LogP contribution >= 0.6 is 11.6 Å². The fourth-order valence-corrected chi connectivity index (χ4v) is 2.23. The third kappa shape index (κ3) is 4.93. The van der Waals surface area contributed by atoms with Crippen molar-refractivity contribution < 1.29 is 19.1 Å². The maximum absolute atomic E-state index is 12.0. The highest BCUT2D eigenvalue weighted by Gasteiger charge is 2.22. The molecule has 2 aromatic carbocycles. The van der Waals surface area contributed by atoms with Crippen molar-refractivity contribution in [1.82, 2.24) is 0 Å². The van der Waals surface area contributed by atoms with Gasteiger partial charge in [-0.25, -0.2) is 0 Å². The van der Waals surface area contributed by atoms with Gasteiger partial charge in [0.25, 0.3) is 5.91 Å². The van der Waals surface area contributed by atoms with Crippen molar-refractivity contribution in [3.63, 3.8) is 0 Å². The Kier molecular flexibility index (Phi) is 6.09. The lowest BCUT2D eigenvalue weighted by Crippen LogP contribution is -2.26. The van der Waals surface area contributed by atoms with Crippen molar-refractivity contribution in [3.05, 3.63) is 70.7 Å². The number of benzene rings is 2. The number of carbonyl (C=O) groups is 3. The molecule has 1 atom stereocenters. The second kappa shape index (κ2) is 8.26. The van der Waals surface area contributed by atoms with Gasteiger partial charge in [-0.2, -0.15) is 0 Å². The summed E-state index contributed by atoms with van der Waals surface area (Å²) in [6.45, 7) is 0. The molecule has 0 unspecified atom stereocenters. The van der Waals surface area contributed by atoms with Gasteiger partial charge in [0.2, 0.25) is 6.10 Å². The van der Waals surface area contributed by atoms with E-state index < -0.39 is 18.0 Å². The van der Waals surface area contributed by atoms with Crippen molar-refractivity contribution in [2.75, 3.05) is 0 Å². The molecule has 124 valence electrons. The van der Waals surface area contributed by atoms with E-state index in [0.29, 0.717) is 16.1 Å². The molecule has 0 aliphatic rings. The lowest BCUT2D eigenvalue weighted by molar-refractivity contribution is -0.155. The highest BCUT2D eigenvalue weighted by molar-refractivity contribution is 6.30. The zero-order valence-electron chi connectivity index (χ0n) is 12.8. The Bertz CT molecular complexity index is 728. The predicted octanol–water partition coefficient (Wildman–Crippen LogP) is 3.07. The van der Waals surface area contributed by atoms with Crippen molar-refractivity contribution >= 4 is 29.3 Å². The molecule has 0 aliphatic carbocycles. The number of nitrogens with two attached hydrogens (primary N) is 1. The Morgan fingerprint density at radius 2 is 1.58 bits per heavy atom. The Balaban J connectivity index is 1.93. The van der Waals surface area contributed by atoms with Crippen LogP contribution in [0.5, 0.6) is 0 Å². The van der Waals surface area contributed by atoms with E-state index in [1.807, 2.05) is 0 Å². The molecular weight excluding hydrogens is 330 g/mol. The van der Waals surface area contributed by atoms with Crippen LogP contribution < -0.4 is 5.73 Å². The molecule has 0 aromatic heterocycles. The Morgan fingerprint density at radius 3 is 2.17 bits per heavy atom. The number of halogens is 1. The summed E-state index contributed by atoms with van der Waals surface area (Å²) in [4.78, 5) is 35.4. The van der Waals surface area contributed by atoms with Crippen LogP contribution in [-0.2, 0) is 14.3 Å². The fraction of sp³-hybridized carbons (Fsp3) is 0.167. The zero-order valence-corrected chi connectivity index (χ0v) is 13.5. The number of rotatable bonds is 7. The first kappa shape index (κ1) is 17.7. The number of hydrogen-bond acceptors (Lipinski definition) is 4. The summed E-state index contributed by atoms with van der Waals surface area (Å²) in [6, 6.07) is 14.9.